The van der Waals surface area contributed by atoms with Gasteiger partial charge in [-0.25, -0.2) is 0 Å². The fourth-order valence-corrected chi connectivity index (χ4v) is 1.89. The Balaban J connectivity index is 1.85. The molecule has 2 saturated heterocycles. The number of ether oxygens (including phenoxy) is 3. The highest BCUT2D eigenvalue weighted by Crippen LogP contribution is 2.34. The SMILES string of the molecule is C1=CC2(C3OCCO3)CNC1O2. The van der Waals surface area contributed by atoms with E-state index in [2.05, 4.69) is 5.32 Å². The second-order valence-electron chi connectivity index (χ2n) is 3.31. The van der Waals surface area contributed by atoms with Crippen LogP contribution in [-0.4, -0.2) is 37.9 Å². The minimum Gasteiger partial charge on any atom is -0.347 e. The lowest BCUT2D eigenvalue weighted by Gasteiger charge is -2.26. The largest absolute Gasteiger partial charge is 0.347 e. The van der Waals surface area contributed by atoms with E-state index in [1.807, 2.05) is 12.2 Å². The van der Waals surface area contributed by atoms with Gasteiger partial charge in [-0.2, -0.15) is 0 Å². The molecule has 0 spiro atoms. The molecular weight excluding hydrogens is 158 g/mol. The zero-order chi connectivity index (χ0) is 8.02. The molecule has 2 bridgehead atoms. The summed E-state index contributed by atoms with van der Waals surface area (Å²) < 4.78 is 16.5. The van der Waals surface area contributed by atoms with Crippen LogP contribution in [0, 0.1) is 0 Å². The van der Waals surface area contributed by atoms with Crippen LogP contribution in [0.3, 0.4) is 0 Å². The van der Waals surface area contributed by atoms with E-state index >= 15 is 0 Å². The number of nitrogens with one attached hydrogen (secondary N) is 1. The highest BCUT2D eigenvalue weighted by molar-refractivity contribution is 5.19. The van der Waals surface area contributed by atoms with Gasteiger partial charge in [0.25, 0.3) is 0 Å². The van der Waals surface area contributed by atoms with Crippen LogP contribution in [0.25, 0.3) is 0 Å². The van der Waals surface area contributed by atoms with Crippen LogP contribution in [0.4, 0.5) is 0 Å². The van der Waals surface area contributed by atoms with Crippen LogP contribution >= 0.6 is 0 Å². The average Bonchev–Trinajstić information content (AvgIpc) is 2.82. The van der Waals surface area contributed by atoms with Crippen molar-refractivity contribution in [2.45, 2.75) is 18.1 Å². The van der Waals surface area contributed by atoms with Crippen molar-refractivity contribution in [3.8, 4) is 0 Å². The molecule has 0 aromatic heterocycles. The van der Waals surface area contributed by atoms with Gasteiger partial charge in [0, 0.05) is 6.54 Å². The molecule has 3 heterocycles. The predicted molar refractivity (Wildman–Crippen MR) is 40.4 cm³/mol. The lowest BCUT2D eigenvalue weighted by atomic mass is 10.0. The molecule has 2 atom stereocenters. The second kappa shape index (κ2) is 2.29. The molecule has 12 heavy (non-hydrogen) atoms. The number of rotatable bonds is 1. The van der Waals surface area contributed by atoms with E-state index in [4.69, 9.17) is 14.2 Å². The molecule has 0 radical (unpaired) electrons. The van der Waals surface area contributed by atoms with E-state index in [-0.39, 0.29) is 18.1 Å². The van der Waals surface area contributed by atoms with E-state index in [1.54, 1.807) is 0 Å². The van der Waals surface area contributed by atoms with E-state index < -0.39 is 0 Å². The topological polar surface area (TPSA) is 39.7 Å². The molecular formula is C8H11NO3. The van der Waals surface area contributed by atoms with Gasteiger partial charge in [-0.1, -0.05) is 0 Å². The molecule has 0 aromatic rings. The van der Waals surface area contributed by atoms with Crippen molar-refractivity contribution in [1.29, 1.82) is 0 Å². The summed E-state index contributed by atoms with van der Waals surface area (Å²) in [5.74, 6) is 0. The molecule has 2 fully saturated rings. The fraction of sp³-hybridized carbons (Fsp3) is 0.750. The van der Waals surface area contributed by atoms with Gasteiger partial charge in [0.1, 0.15) is 6.23 Å². The Morgan fingerprint density at radius 3 is 2.67 bits per heavy atom. The van der Waals surface area contributed by atoms with Crippen LogP contribution in [0.15, 0.2) is 12.2 Å². The van der Waals surface area contributed by atoms with Gasteiger partial charge in [-0.05, 0) is 12.2 Å². The number of hydrogen-bond acceptors (Lipinski definition) is 4. The Kier molecular flexibility index (Phi) is 1.34. The Morgan fingerprint density at radius 1 is 1.33 bits per heavy atom. The van der Waals surface area contributed by atoms with Crippen molar-refractivity contribution in [2.24, 2.45) is 0 Å². The minimum absolute atomic E-state index is 0.0674. The van der Waals surface area contributed by atoms with Gasteiger partial charge in [0.15, 0.2) is 11.9 Å². The van der Waals surface area contributed by atoms with Crippen LogP contribution < -0.4 is 5.32 Å². The van der Waals surface area contributed by atoms with Crippen molar-refractivity contribution in [3.05, 3.63) is 12.2 Å². The van der Waals surface area contributed by atoms with E-state index in [0.717, 1.165) is 6.54 Å². The van der Waals surface area contributed by atoms with Gasteiger partial charge in [0.05, 0.1) is 13.2 Å². The van der Waals surface area contributed by atoms with Gasteiger partial charge < -0.3 is 14.2 Å². The van der Waals surface area contributed by atoms with Crippen molar-refractivity contribution >= 4 is 0 Å². The predicted octanol–water partition coefficient (Wildman–Crippen LogP) is -0.386. The molecule has 0 saturated carbocycles. The molecule has 3 rings (SSSR count). The monoisotopic (exact) mass is 169 g/mol. The summed E-state index contributed by atoms with van der Waals surface area (Å²) in [4.78, 5) is 0. The van der Waals surface area contributed by atoms with Crippen LogP contribution in [0.5, 0.6) is 0 Å². The molecule has 2 unspecified atom stereocenters. The van der Waals surface area contributed by atoms with E-state index in [0.29, 0.717) is 13.2 Å². The maximum absolute atomic E-state index is 5.67. The summed E-state index contributed by atoms with van der Waals surface area (Å²) in [6, 6.07) is 0. The molecule has 0 amide bonds. The Morgan fingerprint density at radius 2 is 2.17 bits per heavy atom. The van der Waals surface area contributed by atoms with Gasteiger partial charge in [-0.15, -0.1) is 0 Å². The molecule has 3 aliphatic rings. The third-order valence-corrected chi connectivity index (χ3v) is 2.50. The number of fused-ring (bicyclic) bond motifs is 2. The first-order valence-corrected chi connectivity index (χ1v) is 4.23. The summed E-state index contributed by atoms with van der Waals surface area (Å²) in [5.41, 5.74) is -0.346. The Bertz CT molecular complexity index is 224. The third kappa shape index (κ3) is 0.806. The highest BCUT2D eigenvalue weighted by Gasteiger charge is 2.50. The van der Waals surface area contributed by atoms with Crippen molar-refractivity contribution in [1.82, 2.24) is 5.32 Å². The first-order chi connectivity index (χ1) is 5.89. The molecule has 4 heteroatoms. The fourth-order valence-electron chi connectivity index (χ4n) is 1.89. The summed E-state index contributed by atoms with van der Waals surface area (Å²) >= 11 is 0. The lowest BCUT2D eigenvalue weighted by molar-refractivity contribution is -0.159. The van der Waals surface area contributed by atoms with Crippen LogP contribution in [-0.2, 0) is 14.2 Å². The molecule has 1 N–H and O–H groups in total. The third-order valence-electron chi connectivity index (χ3n) is 2.50. The second-order valence-corrected chi connectivity index (χ2v) is 3.31. The maximum atomic E-state index is 5.67. The van der Waals surface area contributed by atoms with Crippen molar-refractivity contribution in [3.63, 3.8) is 0 Å². The lowest BCUT2D eigenvalue weighted by Crippen LogP contribution is -2.44. The molecule has 66 valence electrons. The average molecular weight is 169 g/mol. The zero-order valence-electron chi connectivity index (χ0n) is 6.66. The summed E-state index contributed by atoms with van der Waals surface area (Å²) in [6.07, 6.45) is 3.91. The van der Waals surface area contributed by atoms with Crippen molar-refractivity contribution in [2.75, 3.05) is 19.8 Å². The highest BCUT2D eigenvalue weighted by atomic mass is 16.7. The van der Waals surface area contributed by atoms with E-state index in [1.165, 1.54) is 0 Å². The van der Waals surface area contributed by atoms with Crippen molar-refractivity contribution < 1.29 is 14.2 Å². The number of hydrogen-bond donors (Lipinski definition) is 1. The molecule has 0 aliphatic carbocycles. The summed E-state index contributed by atoms with van der Waals surface area (Å²) in [7, 11) is 0. The summed E-state index contributed by atoms with van der Waals surface area (Å²) in [6.45, 7) is 2.14. The van der Waals surface area contributed by atoms with Crippen LogP contribution in [0.2, 0.25) is 0 Å². The Hall–Kier alpha value is -0.420. The molecule has 3 aliphatic heterocycles. The van der Waals surface area contributed by atoms with Gasteiger partial charge in [-0.3, -0.25) is 5.32 Å². The minimum atomic E-state index is -0.346. The zero-order valence-corrected chi connectivity index (χ0v) is 6.66. The van der Waals surface area contributed by atoms with Crippen LogP contribution in [0.1, 0.15) is 0 Å². The quantitative estimate of drug-likeness (QED) is 0.543. The summed E-state index contributed by atoms with van der Waals surface area (Å²) in [5, 5.41) is 3.20. The molecule has 0 aromatic carbocycles. The molecule has 4 nitrogen and oxygen atoms in total. The normalized spacial score (nSPS) is 46.2. The maximum Gasteiger partial charge on any atom is 0.191 e. The standard InChI is InChI=1S/C8H11NO3/c1-2-8(5-9-6(1)12-8)7-10-3-4-11-7/h1-2,6-7,9H,3-5H2. The van der Waals surface area contributed by atoms with Gasteiger partial charge >= 0.3 is 0 Å². The first kappa shape index (κ1) is 7.03. The first-order valence-electron chi connectivity index (χ1n) is 4.23. The smallest absolute Gasteiger partial charge is 0.191 e. The van der Waals surface area contributed by atoms with Gasteiger partial charge in [0.2, 0.25) is 0 Å². The Labute approximate surface area is 70.5 Å². The van der Waals surface area contributed by atoms with E-state index in [9.17, 15) is 0 Å².